The summed E-state index contributed by atoms with van der Waals surface area (Å²) in [6.45, 7) is 0.798. The molecule has 0 saturated heterocycles. The summed E-state index contributed by atoms with van der Waals surface area (Å²) in [6, 6.07) is 8.31. The Kier molecular flexibility index (Phi) is 3.62. The van der Waals surface area contributed by atoms with Crippen molar-refractivity contribution in [2.75, 3.05) is 0 Å². The molecule has 2 aromatic heterocycles. The van der Waals surface area contributed by atoms with E-state index < -0.39 is 0 Å². The molecule has 19 heavy (non-hydrogen) atoms. The zero-order valence-corrected chi connectivity index (χ0v) is 11.7. The third-order valence-electron chi connectivity index (χ3n) is 2.85. The molecule has 0 radical (unpaired) electrons. The van der Waals surface area contributed by atoms with Crippen LogP contribution in [-0.4, -0.2) is 14.5 Å². The Bertz CT molecular complexity index is 661. The minimum Gasteiger partial charge on any atom is -0.333 e. The van der Waals surface area contributed by atoms with Crippen molar-refractivity contribution in [3.8, 4) is 10.6 Å². The van der Waals surface area contributed by atoms with E-state index in [4.69, 9.17) is 11.6 Å². The molecule has 0 aliphatic carbocycles. The van der Waals surface area contributed by atoms with E-state index in [9.17, 15) is 0 Å². The van der Waals surface area contributed by atoms with Crippen molar-refractivity contribution in [2.45, 2.75) is 12.4 Å². The maximum Gasteiger partial charge on any atom is 0.123 e. The van der Waals surface area contributed by atoms with Gasteiger partial charge in [0.1, 0.15) is 5.01 Å². The van der Waals surface area contributed by atoms with Gasteiger partial charge in [-0.3, -0.25) is 0 Å². The van der Waals surface area contributed by atoms with Crippen molar-refractivity contribution in [1.29, 1.82) is 0 Å². The number of alkyl halides is 1. The van der Waals surface area contributed by atoms with E-state index in [1.54, 1.807) is 17.5 Å². The normalized spacial score (nSPS) is 10.8. The average Bonchev–Trinajstić information content (AvgIpc) is 3.10. The smallest absolute Gasteiger partial charge is 0.123 e. The molecule has 0 saturated carbocycles. The van der Waals surface area contributed by atoms with E-state index in [2.05, 4.69) is 26.7 Å². The number of rotatable bonds is 4. The summed E-state index contributed by atoms with van der Waals surface area (Å²) in [7, 11) is 0. The quantitative estimate of drug-likeness (QED) is 0.684. The molecular formula is C14H12ClN3S. The molecule has 0 fully saturated rings. The van der Waals surface area contributed by atoms with Gasteiger partial charge in [-0.25, -0.2) is 9.97 Å². The summed E-state index contributed by atoms with van der Waals surface area (Å²) in [6.07, 6.45) is 5.57. The highest BCUT2D eigenvalue weighted by Gasteiger charge is 2.09. The van der Waals surface area contributed by atoms with Crippen molar-refractivity contribution in [1.82, 2.24) is 14.5 Å². The second-order valence-corrected chi connectivity index (χ2v) is 5.30. The molecular weight excluding hydrogens is 278 g/mol. The standard InChI is InChI=1S/C14H12ClN3S/c15-7-12-9-19-14(17-12)13-4-2-1-3-11(13)8-18-6-5-16-10-18/h1-6,9-10H,7-8H2. The molecule has 0 N–H and O–H groups in total. The summed E-state index contributed by atoms with van der Waals surface area (Å²) in [4.78, 5) is 8.62. The van der Waals surface area contributed by atoms with Crippen molar-refractivity contribution in [2.24, 2.45) is 0 Å². The lowest BCUT2D eigenvalue weighted by atomic mass is 10.1. The Morgan fingerprint density at radius 2 is 2.16 bits per heavy atom. The lowest BCUT2D eigenvalue weighted by Crippen LogP contribution is -1.98. The van der Waals surface area contributed by atoms with Gasteiger partial charge in [-0.1, -0.05) is 24.3 Å². The average molecular weight is 290 g/mol. The van der Waals surface area contributed by atoms with E-state index in [0.717, 1.165) is 22.8 Å². The second kappa shape index (κ2) is 5.55. The summed E-state index contributed by atoms with van der Waals surface area (Å²) < 4.78 is 2.05. The Hall–Kier alpha value is -1.65. The molecule has 0 unspecified atom stereocenters. The number of aromatic nitrogens is 3. The topological polar surface area (TPSA) is 30.7 Å². The van der Waals surface area contributed by atoms with Crippen LogP contribution in [0.2, 0.25) is 0 Å². The first kappa shape index (κ1) is 12.4. The Balaban J connectivity index is 1.97. The van der Waals surface area contributed by atoms with Crippen LogP contribution in [0.4, 0.5) is 0 Å². The third kappa shape index (κ3) is 2.69. The largest absolute Gasteiger partial charge is 0.333 e. The fraction of sp³-hybridized carbons (Fsp3) is 0.143. The highest BCUT2D eigenvalue weighted by atomic mass is 35.5. The first-order chi connectivity index (χ1) is 9.36. The van der Waals surface area contributed by atoms with Crippen molar-refractivity contribution in [3.05, 3.63) is 59.6 Å². The molecule has 5 heteroatoms. The van der Waals surface area contributed by atoms with Crippen LogP contribution >= 0.6 is 22.9 Å². The maximum absolute atomic E-state index is 5.81. The minimum absolute atomic E-state index is 0.459. The predicted octanol–water partition coefficient (Wildman–Crippen LogP) is 3.79. The van der Waals surface area contributed by atoms with Crippen LogP contribution in [0.3, 0.4) is 0 Å². The zero-order valence-electron chi connectivity index (χ0n) is 10.2. The van der Waals surface area contributed by atoms with Gasteiger partial charge >= 0.3 is 0 Å². The number of hydrogen-bond donors (Lipinski definition) is 0. The molecule has 0 bridgehead atoms. The van der Waals surface area contributed by atoms with Gasteiger partial charge in [-0.05, 0) is 5.56 Å². The first-order valence-corrected chi connectivity index (χ1v) is 7.32. The fourth-order valence-electron chi connectivity index (χ4n) is 1.94. The molecule has 0 amide bonds. The molecule has 0 atom stereocenters. The number of benzene rings is 1. The van der Waals surface area contributed by atoms with E-state index >= 15 is 0 Å². The predicted molar refractivity (Wildman–Crippen MR) is 78.4 cm³/mol. The monoisotopic (exact) mass is 289 g/mol. The fourth-order valence-corrected chi connectivity index (χ4v) is 3.04. The Morgan fingerprint density at radius 1 is 1.26 bits per heavy atom. The molecule has 3 rings (SSSR count). The first-order valence-electron chi connectivity index (χ1n) is 5.91. The zero-order chi connectivity index (χ0) is 13.1. The second-order valence-electron chi connectivity index (χ2n) is 4.17. The number of thiazole rings is 1. The summed E-state index contributed by atoms with van der Waals surface area (Å²) in [5.41, 5.74) is 3.33. The molecule has 3 aromatic rings. The van der Waals surface area contributed by atoms with Gasteiger partial charge in [-0.2, -0.15) is 0 Å². The number of nitrogens with zero attached hydrogens (tertiary/aromatic N) is 3. The van der Waals surface area contributed by atoms with Gasteiger partial charge in [0, 0.05) is 29.9 Å². The van der Waals surface area contributed by atoms with Gasteiger partial charge in [0.2, 0.25) is 0 Å². The molecule has 96 valence electrons. The summed E-state index contributed by atoms with van der Waals surface area (Å²) in [5, 5.41) is 3.03. The number of imidazole rings is 1. The van der Waals surface area contributed by atoms with Gasteiger partial charge in [-0.15, -0.1) is 22.9 Å². The van der Waals surface area contributed by atoms with Crippen molar-refractivity contribution >= 4 is 22.9 Å². The summed E-state index contributed by atoms with van der Waals surface area (Å²) >= 11 is 7.45. The van der Waals surface area contributed by atoms with Crippen LogP contribution in [-0.2, 0) is 12.4 Å². The van der Waals surface area contributed by atoms with Gasteiger partial charge in [0.25, 0.3) is 0 Å². The van der Waals surface area contributed by atoms with Gasteiger partial charge in [0.05, 0.1) is 17.9 Å². The molecule has 1 aromatic carbocycles. The minimum atomic E-state index is 0.459. The Labute approximate surface area is 120 Å². The van der Waals surface area contributed by atoms with Gasteiger partial charge in [0.15, 0.2) is 0 Å². The Morgan fingerprint density at radius 3 is 2.89 bits per heavy atom. The van der Waals surface area contributed by atoms with Crippen LogP contribution in [0.15, 0.2) is 48.4 Å². The van der Waals surface area contributed by atoms with E-state index in [-0.39, 0.29) is 0 Å². The van der Waals surface area contributed by atoms with Crippen LogP contribution in [0, 0.1) is 0 Å². The van der Waals surface area contributed by atoms with E-state index in [1.807, 2.05) is 30.0 Å². The van der Waals surface area contributed by atoms with Gasteiger partial charge < -0.3 is 4.57 Å². The molecule has 3 nitrogen and oxygen atoms in total. The van der Waals surface area contributed by atoms with Crippen molar-refractivity contribution < 1.29 is 0 Å². The molecule has 2 heterocycles. The lowest BCUT2D eigenvalue weighted by Gasteiger charge is -2.07. The molecule has 0 spiro atoms. The lowest BCUT2D eigenvalue weighted by molar-refractivity contribution is 0.798. The van der Waals surface area contributed by atoms with E-state index in [1.165, 1.54) is 5.56 Å². The maximum atomic E-state index is 5.81. The number of halogens is 1. The van der Waals surface area contributed by atoms with Crippen LogP contribution in [0.25, 0.3) is 10.6 Å². The molecule has 0 aliphatic heterocycles. The highest BCUT2D eigenvalue weighted by molar-refractivity contribution is 7.13. The third-order valence-corrected chi connectivity index (χ3v) is 4.05. The molecule has 0 aliphatic rings. The highest BCUT2D eigenvalue weighted by Crippen LogP contribution is 2.28. The van der Waals surface area contributed by atoms with E-state index in [0.29, 0.717) is 5.88 Å². The summed E-state index contributed by atoms with van der Waals surface area (Å²) in [5.74, 6) is 0.459. The SMILES string of the molecule is ClCc1csc(-c2ccccc2Cn2ccnc2)n1. The van der Waals surface area contributed by atoms with Crippen LogP contribution in [0.1, 0.15) is 11.3 Å². The van der Waals surface area contributed by atoms with Crippen LogP contribution in [0.5, 0.6) is 0 Å². The number of hydrogen-bond acceptors (Lipinski definition) is 3. The van der Waals surface area contributed by atoms with Crippen LogP contribution < -0.4 is 0 Å². The van der Waals surface area contributed by atoms with Crippen molar-refractivity contribution in [3.63, 3.8) is 0 Å².